The Labute approximate surface area is 84.9 Å². The molecule has 0 aliphatic heterocycles. The normalized spacial score (nSPS) is 16.8. The highest BCUT2D eigenvalue weighted by molar-refractivity contribution is 7.41. The predicted molar refractivity (Wildman–Crippen MR) is 58.9 cm³/mol. The van der Waals surface area contributed by atoms with Gasteiger partial charge < -0.3 is 5.09 Å². The van der Waals surface area contributed by atoms with E-state index in [0.717, 1.165) is 25.8 Å². The maximum atomic E-state index is 5.83. The molecule has 1 fully saturated rings. The first-order valence-electron chi connectivity index (χ1n) is 4.40. The Morgan fingerprint density at radius 1 is 1.54 bits per heavy atom. The van der Waals surface area contributed by atoms with E-state index in [4.69, 9.17) is 11.6 Å². The molecule has 0 saturated heterocycles. The first-order valence-corrected chi connectivity index (χ1v) is 5.85. The van der Waals surface area contributed by atoms with Gasteiger partial charge >= 0.3 is 0 Å². The Balaban J connectivity index is 2.01. The molecule has 0 amide bonds. The second-order valence-electron chi connectivity index (χ2n) is 3.40. The van der Waals surface area contributed by atoms with Gasteiger partial charge in [0.25, 0.3) is 0 Å². The van der Waals surface area contributed by atoms with Gasteiger partial charge in [-0.3, -0.25) is 0 Å². The molecule has 0 radical (unpaired) electrons. The van der Waals surface area contributed by atoms with Crippen LogP contribution in [0.15, 0.2) is 12.1 Å². The largest absolute Gasteiger partial charge is 0.352 e. The van der Waals surface area contributed by atoms with E-state index in [9.17, 15) is 0 Å². The van der Waals surface area contributed by atoms with E-state index in [2.05, 4.69) is 10.1 Å². The van der Waals surface area contributed by atoms with Gasteiger partial charge in [0.15, 0.2) is 0 Å². The van der Waals surface area contributed by atoms with Gasteiger partial charge in [-0.05, 0) is 51.9 Å². The second-order valence-corrected chi connectivity index (χ2v) is 5.14. The van der Waals surface area contributed by atoms with Crippen LogP contribution in [-0.2, 0) is 0 Å². The van der Waals surface area contributed by atoms with Gasteiger partial charge in [0.05, 0.1) is 0 Å². The van der Waals surface area contributed by atoms with Crippen molar-refractivity contribution in [3.8, 4) is 0 Å². The fourth-order valence-electron chi connectivity index (χ4n) is 1.09. The Morgan fingerprint density at radius 3 is 2.92 bits per heavy atom. The summed E-state index contributed by atoms with van der Waals surface area (Å²) in [6, 6.07) is 3.90. The van der Waals surface area contributed by atoms with E-state index in [1.54, 1.807) is 0 Å². The number of hydrogen-bond donors (Lipinski definition) is 1. The molecular formula is C9H12ClN2P. The Morgan fingerprint density at radius 2 is 2.31 bits per heavy atom. The van der Waals surface area contributed by atoms with Crippen LogP contribution in [0.1, 0.15) is 18.4 Å². The monoisotopic (exact) mass is 214 g/mol. The zero-order valence-electron chi connectivity index (χ0n) is 7.47. The molecule has 2 rings (SSSR count). The summed E-state index contributed by atoms with van der Waals surface area (Å²) in [5, 5.41) is 3.89. The standard InChI is InChI=1S/C9H12ClN2P/c1-6-4-8(10)11-9(5-6)12-13-7-2-3-7/h4-5,7,13H,2-3H2,1H3,(H,11,12). The van der Waals surface area contributed by atoms with Crippen molar-refractivity contribution in [2.24, 2.45) is 0 Å². The Hall–Kier alpha value is -0.330. The van der Waals surface area contributed by atoms with Gasteiger partial charge in [0, 0.05) is 0 Å². The number of rotatable bonds is 3. The van der Waals surface area contributed by atoms with Crippen molar-refractivity contribution in [3.05, 3.63) is 22.8 Å². The lowest BCUT2D eigenvalue weighted by molar-refractivity contribution is 1.29. The Bertz CT molecular complexity index is 292. The summed E-state index contributed by atoms with van der Waals surface area (Å²) >= 11 is 5.83. The third-order valence-electron chi connectivity index (χ3n) is 1.92. The zero-order valence-corrected chi connectivity index (χ0v) is 9.23. The molecule has 13 heavy (non-hydrogen) atoms. The van der Waals surface area contributed by atoms with Crippen LogP contribution in [0.4, 0.5) is 5.82 Å². The van der Waals surface area contributed by atoms with E-state index in [-0.39, 0.29) is 0 Å². The first-order chi connectivity index (χ1) is 6.24. The minimum Gasteiger partial charge on any atom is -0.352 e. The summed E-state index contributed by atoms with van der Waals surface area (Å²) in [5.41, 5.74) is 2.05. The number of aryl methyl sites for hydroxylation is 1. The van der Waals surface area contributed by atoms with Crippen LogP contribution < -0.4 is 5.09 Å². The van der Waals surface area contributed by atoms with Crippen LogP contribution in [0, 0.1) is 6.92 Å². The van der Waals surface area contributed by atoms with Crippen molar-refractivity contribution in [2.45, 2.75) is 25.4 Å². The molecule has 1 aromatic heterocycles. The van der Waals surface area contributed by atoms with Gasteiger partial charge in [-0.15, -0.1) is 0 Å². The van der Waals surface area contributed by atoms with Gasteiger partial charge in [0.1, 0.15) is 11.0 Å². The number of nitrogens with zero attached hydrogens (tertiary/aromatic N) is 1. The molecule has 1 atom stereocenters. The van der Waals surface area contributed by atoms with Gasteiger partial charge in [-0.25, -0.2) is 4.98 Å². The third-order valence-corrected chi connectivity index (χ3v) is 3.50. The van der Waals surface area contributed by atoms with Crippen LogP contribution in [0.2, 0.25) is 5.15 Å². The predicted octanol–water partition coefficient (Wildman–Crippen LogP) is 3.21. The lowest BCUT2D eigenvalue weighted by Gasteiger charge is -2.05. The molecule has 1 heterocycles. The maximum absolute atomic E-state index is 5.83. The van der Waals surface area contributed by atoms with Crippen molar-refractivity contribution in [1.29, 1.82) is 0 Å². The molecule has 1 aliphatic rings. The fraction of sp³-hybridized carbons (Fsp3) is 0.444. The van der Waals surface area contributed by atoms with E-state index in [0.29, 0.717) is 5.15 Å². The van der Waals surface area contributed by atoms with Gasteiger partial charge in [0.2, 0.25) is 0 Å². The highest BCUT2D eigenvalue weighted by Gasteiger charge is 2.20. The van der Waals surface area contributed by atoms with Gasteiger partial charge in [-0.2, -0.15) is 0 Å². The SMILES string of the molecule is Cc1cc(Cl)nc(NPC2CC2)c1. The van der Waals surface area contributed by atoms with Crippen molar-refractivity contribution < 1.29 is 0 Å². The lowest BCUT2D eigenvalue weighted by atomic mass is 10.3. The van der Waals surface area contributed by atoms with Gasteiger partial charge in [-0.1, -0.05) is 11.6 Å². The molecule has 70 valence electrons. The summed E-state index contributed by atoms with van der Waals surface area (Å²) in [6.07, 6.45) is 2.73. The summed E-state index contributed by atoms with van der Waals surface area (Å²) in [5.74, 6) is 0.912. The quantitative estimate of drug-likeness (QED) is 0.617. The molecule has 1 aromatic rings. The minimum atomic E-state index is 0.572. The van der Waals surface area contributed by atoms with E-state index < -0.39 is 0 Å². The van der Waals surface area contributed by atoms with Crippen LogP contribution in [-0.4, -0.2) is 10.6 Å². The molecule has 0 aromatic carbocycles. The number of pyridine rings is 1. The highest BCUT2D eigenvalue weighted by atomic mass is 35.5. The smallest absolute Gasteiger partial charge is 0.131 e. The lowest BCUT2D eigenvalue weighted by Crippen LogP contribution is -1.91. The number of anilines is 1. The summed E-state index contributed by atoms with van der Waals surface area (Å²) in [6.45, 7) is 2.03. The maximum Gasteiger partial charge on any atom is 0.131 e. The molecular weight excluding hydrogens is 203 g/mol. The average Bonchev–Trinajstić information content (AvgIpc) is 2.81. The van der Waals surface area contributed by atoms with E-state index in [1.807, 2.05) is 19.1 Å². The molecule has 2 nitrogen and oxygen atoms in total. The molecule has 1 N–H and O–H groups in total. The van der Waals surface area contributed by atoms with Crippen LogP contribution in [0.25, 0.3) is 0 Å². The molecule has 0 spiro atoms. The number of aromatic nitrogens is 1. The van der Waals surface area contributed by atoms with Crippen molar-refractivity contribution in [3.63, 3.8) is 0 Å². The summed E-state index contributed by atoms with van der Waals surface area (Å²) in [7, 11) is 0.799. The highest BCUT2D eigenvalue weighted by Crippen LogP contribution is 2.39. The van der Waals surface area contributed by atoms with E-state index in [1.165, 1.54) is 12.8 Å². The number of halogens is 1. The van der Waals surface area contributed by atoms with Crippen molar-refractivity contribution in [2.75, 3.05) is 5.09 Å². The summed E-state index contributed by atoms with van der Waals surface area (Å²) < 4.78 is 0. The average molecular weight is 215 g/mol. The molecule has 1 saturated carbocycles. The molecule has 1 aliphatic carbocycles. The van der Waals surface area contributed by atoms with Crippen LogP contribution >= 0.6 is 20.3 Å². The minimum absolute atomic E-state index is 0.572. The van der Waals surface area contributed by atoms with Crippen molar-refractivity contribution >= 4 is 26.2 Å². The second kappa shape index (κ2) is 3.81. The Kier molecular flexibility index (Phi) is 2.71. The van der Waals surface area contributed by atoms with E-state index >= 15 is 0 Å². The summed E-state index contributed by atoms with van der Waals surface area (Å²) in [4.78, 5) is 4.20. The molecule has 1 unspecified atom stereocenters. The number of hydrogen-bond acceptors (Lipinski definition) is 2. The topological polar surface area (TPSA) is 24.9 Å². The molecule has 4 heteroatoms. The van der Waals surface area contributed by atoms with Crippen LogP contribution in [0.3, 0.4) is 0 Å². The van der Waals surface area contributed by atoms with Crippen LogP contribution in [0.5, 0.6) is 0 Å². The first kappa shape index (κ1) is 9.23. The fourth-order valence-corrected chi connectivity index (χ4v) is 2.29. The molecule has 0 bridgehead atoms. The van der Waals surface area contributed by atoms with Crippen molar-refractivity contribution in [1.82, 2.24) is 4.98 Å². The third kappa shape index (κ3) is 2.82. The number of nitrogens with one attached hydrogen (secondary N) is 1. The zero-order chi connectivity index (χ0) is 9.26.